The monoisotopic (exact) mass is 482 g/mol. The second-order valence-electron chi connectivity index (χ2n) is 7.92. The zero-order valence-electron chi connectivity index (χ0n) is 17.9. The molecule has 0 aliphatic carbocycles. The lowest BCUT2D eigenvalue weighted by molar-refractivity contribution is -0.123. The van der Waals surface area contributed by atoms with Gasteiger partial charge in [0, 0.05) is 12.8 Å². The molecule has 33 heavy (non-hydrogen) atoms. The van der Waals surface area contributed by atoms with E-state index in [9.17, 15) is 9.59 Å². The smallest absolute Gasteiger partial charge is 0.267 e. The number of nitrogens with one attached hydrogen (secondary N) is 1. The summed E-state index contributed by atoms with van der Waals surface area (Å²) in [6.07, 6.45) is 6.74. The summed E-state index contributed by atoms with van der Waals surface area (Å²) in [5, 5.41) is 3.20. The number of aryl methyl sites for hydroxylation is 1. The van der Waals surface area contributed by atoms with Gasteiger partial charge < -0.3 is 14.5 Å². The number of anilines is 1. The van der Waals surface area contributed by atoms with Crippen molar-refractivity contribution in [2.75, 3.05) is 18.5 Å². The first-order valence-corrected chi connectivity index (χ1v) is 11.9. The summed E-state index contributed by atoms with van der Waals surface area (Å²) in [7, 11) is 0. The summed E-state index contributed by atoms with van der Waals surface area (Å²) in [4.78, 5) is 33.2. The van der Waals surface area contributed by atoms with Crippen LogP contribution in [0.4, 0.5) is 5.82 Å². The van der Waals surface area contributed by atoms with E-state index in [2.05, 4.69) is 5.32 Å². The summed E-state index contributed by atoms with van der Waals surface area (Å²) in [6, 6.07) is 7.33. The Balaban J connectivity index is 1.53. The Kier molecular flexibility index (Phi) is 6.05. The minimum absolute atomic E-state index is 0.00620. The number of thiocarbonyl (C=S) groups is 1. The molecule has 1 atom stereocenters. The number of aromatic nitrogens is 2. The number of fused-ring (bicyclic) bond motifs is 1. The van der Waals surface area contributed by atoms with Gasteiger partial charge >= 0.3 is 0 Å². The number of carbonyl (C=O) groups is 1. The number of nitrogens with zero attached hydrogens (tertiary/aromatic N) is 3. The third kappa shape index (κ3) is 4.33. The number of ether oxygens (including phenoxy) is 1. The first kappa shape index (κ1) is 21.9. The minimum Gasteiger partial charge on any atom is -0.467 e. The molecule has 0 spiro atoms. The van der Waals surface area contributed by atoms with Crippen LogP contribution in [-0.4, -0.2) is 43.8 Å². The van der Waals surface area contributed by atoms with Gasteiger partial charge in [-0.2, -0.15) is 0 Å². The molecule has 170 valence electrons. The van der Waals surface area contributed by atoms with E-state index in [1.807, 2.05) is 19.1 Å². The van der Waals surface area contributed by atoms with Crippen LogP contribution in [0.1, 0.15) is 29.7 Å². The van der Waals surface area contributed by atoms with Gasteiger partial charge in [-0.05, 0) is 49.6 Å². The van der Waals surface area contributed by atoms with Crippen molar-refractivity contribution in [2.24, 2.45) is 0 Å². The molecule has 5 heterocycles. The second kappa shape index (κ2) is 9.12. The lowest BCUT2D eigenvalue weighted by Gasteiger charge is -2.18. The van der Waals surface area contributed by atoms with E-state index in [0.29, 0.717) is 51.7 Å². The van der Waals surface area contributed by atoms with Crippen molar-refractivity contribution in [1.82, 2.24) is 14.3 Å². The fourth-order valence-corrected chi connectivity index (χ4v) is 5.20. The van der Waals surface area contributed by atoms with E-state index >= 15 is 0 Å². The molecular weight excluding hydrogens is 460 g/mol. The maximum Gasteiger partial charge on any atom is 0.267 e. The van der Waals surface area contributed by atoms with Gasteiger partial charge in [0.2, 0.25) is 0 Å². The third-order valence-electron chi connectivity index (χ3n) is 5.65. The zero-order chi connectivity index (χ0) is 22.9. The average Bonchev–Trinajstić information content (AvgIpc) is 3.55. The average molecular weight is 483 g/mol. The molecule has 0 bridgehead atoms. The quantitative estimate of drug-likeness (QED) is 0.421. The van der Waals surface area contributed by atoms with Crippen LogP contribution >= 0.6 is 24.0 Å². The van der Waals surface area contributed by atoms with E-state index in [-0.39, 0.29) is 17.6 Å². The van der Waals surface area contributed by atoms with Crippen LogP contribution in [0.15, 0.2) is 50.8 Å². The van der Waals surface area contributed by atoms with Gasteiger partial charge in [-0.1, -0.05) is 30.0 Å². The molecule has 0 unspecified atom stereocenters. The van der Waals surface area contributed by atoms with Crippen molar-refractivity contribution in [3.05, 3.63) is 68.9 Å². The van der Waals surface area contributed by atoms with Crippen LogP contribution < -0.4 is 10.9 Å². The standard InChI is InChI=1S/C23H22N4O4S2/c1-14-5-2-8-26-20(14)25-19(24-12-15-6-3-9-30-15)17(21(26)28)11-18-22(29)27(23(32)33-18)13-16-7-4-10-31-16/h2-3,5-6,8-9,11,16,24H,4,7,10,12-13H2,1H3/b18-11+/t16-/m1/s1. The van der Waals surface area contributed by atoms with Crippen LogP contribution in [-0.2, 0) is 16.1 Å². The normalized spacial score (nSPS) is 19.8. The summed E-state index contributed by atoms with van der Waals surface area (Å²) >= 11 is 6.65. The van der Waals surface area contributed by atoms with Gasteiger partial charge in [0.25, 0.3) is 11.5 Å². The van der Waals surface area contributed by atoms with Gasteiger partial charge in [0.1, 0.15) is 21.5 Å². The molecule has 3 aromatic rings. The molecule has 5 rings (SSSR count). The molecule has 10 heteroatoms. The van der Waals surface area contributed by atoms with Crippen molar-refractivity contribution < 1.29 is 13.9 Å². The number of amides is 1. The molecule has 3 aromatic heterocycles. The maximum atomic E-state index is 13.4. The van der Waals surface area contributed by atoms with Crippen molar-refractivity contribution in [3.63, 3.8) is 0 Å². The fraction of sp³-hybridized carbons (Fsp3) is 0.304. The Morgan fingerprint density at radius 3 is 2.97 bits per heavy atom. The molecule has 1 amide bonds. The summed E-state index contributed by atoms with van der Waals surface area (Å²) in [5.74, 6) is 0.872. The van der Waals surface area contributed by atoms with Crippen LogP contribution in [0.3, 0.4) is 0 Å². The van der Waals surface area contributed by atoms with E-state index in [0.717, 1.165) is 18.4 Å². The summed E-state index contributed by atoms with van der Waals surface area (Å²) < 4.78 is 13.0. The molecule has 2 saturated heterocycles. The Morgan fingerprint density at radius 2 is 2.21 bits per heavy atom. The molecule has 2 fully saturated rings. The van der Waals surface area contributed by atoms with Gasteiger partial charge in [-0.15, -0.1) is 0 Å². The SMILES string of the molecule is Cc1cccn2c(=O)c(/C=C3/SC(=S)N(C[C@H]4CCCO4)C3=O)c(NCc3ccco3)nc12. The lowest BCUT2D eigenvalue weighted by Crippen LogP contribution is -2.35. The van der Waals surface area contributed by atoms with Crippen LogP contribution in [0.25, 0.3) is 11.7 Å². The topological polar surface area (TPSA) is 89.1 Å². The van der Waals surface area contributed by atoms with Crippen molar-refractivity contribution in [2.45, 2.75) is 32.4 Å². The number of hydrogen-bond donors (Lipinski definition) is 1. The molecule has 0 radical (unpaired) electrons. The number of furan rings is 1. The Morgan fingerprint density at radius 1 is 1.33 bits per heavy atom. The Bertz CT molecular complexity index is 1310. The van der Waals surface area contributed by atoms with Crippen molar-refractivity contribution in [1.29, 1.82) is 0 Å². The summed E-state index contributed by atoms with van der Waals surface area (Å²) in [5.41, 5.74) is 1.44. The number of rotatable bonds is 6. The van der Waals surface area contributed by atoms with Crippen LogP contribution in [0.5, 0.6) is 0 Å². The molecule has 1 N–H and O–H groups in total. The minimum atomic E-state index is -0.268. The van der Waals surface area contributed by atoms with Gasteiger partial charge in [-0.25, -0.2) is 4.98 Å². The van der Waals surface area contributed by atoms with Crippen molar-refractivity contribution >= 4 is 51.7 Å². The first-order valence-electron chi connectivity index (χ1n) is 10.7. The third-order valence-corrected chi connectivity index (χ3v) is 7.03. The number of hydrogen-bond acceptors (Lipinski definition) is 8. The van der Waals surface area contributed by atoms with Crippen LogP contribution in [0.2, 0.25) is 0 Å². The van der Waals surface area contributed by atoms with Gasteiger partial charge in [-0.3, -0.25) is 18.9 Å². The Labute approximate surface area is 199 Å². The predicted octanol–water partition coefficient (Wildman–Crippen LogP) is 3.59. The Hall–Kier alpha value is -2.95. The fourth-order valence-electron chi connectivity index (χ4n) is 3.94. The van der Waals surface area contributed by atoms with Crippen molar-refractivity contribution in [3.8, 4) is 0 Å². The van der Waals surface area contributed by atoms with E-state index in [1.165, 1.54) is 16.2 Å². The van der Waals surface area contributed by atoms with Gasteiger partial charge in [0.15, 0.2) is 0 Å². The largest absolute Gasteiger partial charge is 0.467 e. The second-order valence-corrected chi connectivity index (χ2v) is 9.60. The van der Waals surface area contributed by atoms with Crippen LogP contribution in [0, 0.1) is 6.92 Å². The highest BCUT2D eigenvalue weighted by atomic mass is 32.2. The highest BCUT2D eigenvalue weighted by Crippen LogP contribution is 2.34. The van der Waals surface area contributed by atoms with E-state index in [1.54, 1.807) is 35.6 Å². The highest BCUT2D eigenvalue weighted by Gasteiger charge is 2.35. The molecule has 2 aliphatic heterocycles. The molecular formula is C23H22N4O4S2. The molecule has 0 saturated carbocycles. The van der Waals surface area contributed by atoms with Gasteiger partial charge in [0.05, 0.1) is 35.9 Å². The number of carbonyl (C=O) groups excluding carboxylic acids is 1. The molecule has 2 aliphatic rings. The predicted molar refractivity (Wildman–Crippen MR) is 131 cm³/mol. The number of pyridine rings is 1. The first-order chi connectivity index (χ1) is 16.0. The lowest BCUT2D eigenvalue weighted by atomic mass is 10.2. The maximum absolute atomic E-state index is 13.4. The van der Waals surface area contributed by atoms with E-state index in [4.69, 9.17) is 26.4 Å². The molecule has 8 nitrogen and oxygen atoms in total. The molecule has 0 aromatic carbocycles. The highest BCUT2D eigenvalue weighted by molar-refractivity contribution is 8.26. The zero-order valence-corrected chi connectivity index (χ0v) is 19.6. The van der Waals surface area contributed by atoms with E-state index < -0.39 is 0 Å². The number of thioether (sulfide) groups is 1. The summed E-state index contributed by atoms with van der Waals surface area (Å²) in [6.45, 7) is 3.38.